The fourth-order valence-electron chi connectivity index (χ4n) is 3.45. The minimum Gasteiger partial charge on any atom is -0.474 e. The van der Waals surface area contributed by atoms with Gasteiger partial charge in [-0.05, 0) is 29.5 Å². The molecule has 1 aliphatic carbocycles. The molecule has 0 spiro atoms. The lowest BCUT2D eigenvalue weighted by atomic mass is 9.91. The third kappa shape index (κ3) is 4.25. The fraction of sp³-hybridized carbons (Fsp3) is 0.556. The van der Waals surface area contributed by atoms with Gasteiger partial charge in [0, 0.05) is 43.0 Å². The highest BCUT2D eigenvalue weighted by Gasteiger charge is 2.39. The monoisotopic (exact) mass is 439 g/mol. The highest BCUT2D eigenvalue weighted by Crippen LogP contribution is 2.38. The van der Waals surface area contributed by atoms with Crippen LogP contribution >= 0.6 is 11.6 Å². The van der Waals surface area contributed by atoms with E-state index in [4.69, 9.17) is 26.6 Å². The van der Waals surface area contributed by atoms with Crippen LogP contribution < -0.4 is 4.74 Å². The van der Waals surface area contributed by atoms with Crippen LogP contribution in [0.25, 0.3) is 21.2 Å². The number of hydrogen-bond donors (Lipinski definition) is 0. The number of rotatable bonds is 8. The Labute approximate surface area is 173 Å². The maximum absolute atomic E-state index is 12.0. The van der Waals surface area contributed by atoms with Crippen molar-refractivity contribution in [1.82, 2.24) is 9.97 Å². The second kappa shape index (κ2) is 8.31. The molecular formula is C18H22ClN5O4S. The molecule has 1 unspecified atom stereocenters. The molecule has 0 amide bonds. The van der Waals surface area contributed by atoms with Gasteiger partial charge >= 0.3 is 0 Å². The van der Waals surface area contributed by atoms with Crippen molar-refractivity contribution < 1.29 is 17.9 Å². The van der Waals surface area contributed by atoms with Gasteiger partial charge in [-0.15, -0.1) is 0 Å². The Kier molecular flexibility index (Phi) is 6.19. The summed E-state index contributed by atoms with van der Waals surface area (Å²) in [5.41, 5.74) is 8.63. The first-order chi connectivity index (χ1) is 13.7. The summed E-state index contributed by atoms with van der Waals surface area (Å²) in [6, 6.07) is 1.66. The molecule has 2 aromatic heterocycles. The maximum Gasteiger partial charge on any atom is 0.223 e. The van der Waals surface area contributed by atoms with E-state index in [9.17, 15) is 8.42 Å². The van der Waals surface area contributed by atoms with Crippen LogP contribution in [0.2, 0.25) is 5.15 Å². The Bertz CT molecular complexity index is 1070. The highest BCUT2D eigenvalue weighted by molar-refractivity contribution is 7.92. The summed E-state index contributed by atoms with van der Waals surface area (Å²) in [4.78, 5) is 11.5. The van der Waals surface area contributed by atoms with Crippen molar-refractivity contribution >= 4 is 32.2 Å². The molecule has 0 radical (unpaired) electrons. The smallest absolute Gasteiger partial charge is 0.223 e. The number of pyridine rings is 2. The Morgan fingerprint density at radius 2 is 2.07 bits per heavy atom. The summed E-state index contributed by atoms with van der Waals surface area (Å²) in [5.74, 6) is 0.464. The Hall–Kier alpha value is -2.13. The topological polar surface area (TPSA) is 127 Å². The summed E-state index contributed by atoms with van der Waals surface area (Å²) >= 11 is 6.10. The predicted octanol–water partition coefficient (Wildman–Crippen LogP) is 3.80. The molecule has 0 saturated heterocycles. The number of halogens is 1. The Morgan fingerprint density at radius 3 is 2.69 bits per heavy atom. The van der Waals surface area contributed by atoms with Crippen molar-refractivity contribution in [2.45, 2.75) is 43.6 Å². The summed E-state index contributed by atoms with van der Waals surface area (Å²) in [6.45, 7) is 3.54. The zero-order valence-electron chi connectivity index (χ0n) is 16.4. The van der Waals surface area contributed by atoms with Crippen molar-refractivity contribution in [1.29, 1.82) is 0 Å². The SMILES string of the molecule is CCS(=O)(=O)C1CC(Oc2ncc(C(C)(COC)N=[N+]=[N-])c3cc(Cl)ncc23)C1. The number of ether oxygens (including phenoxy) is 2. The first-order valence-electron chi connectivity index (χ1n) is 9.12. The normalized spacial score (nSPS) is 21.1. The van der Waals surface area contributed by atoms with Crippen LogP contribution in [0, 0.1) is 0 Å². The van der Waals surface area contributed by atoms with Crippen LogP contribution in [0.1, 0.15) is 32.3 Å². The largest absolute Gasteiger partial charge is 0.474 e. The minimum atomic E-state index is -3.06. The van der Waals surface area contributed by atoms with Gasteiger partial charge in [-0.3, -0.25) is 0 Å². The molecule has 2 aromatic rings. The minimum absolute atomic E-state index is 0.125. The number of aromatic nitrogens is 2. The fourth-order valence-corrected chi connectivity index (χ4v) is 5.09. The molecule has 0 aromatic carbocycles. The molecule has 2 heterocycles. The molecule has 0 N–H and O–H groups in total. The van der Waals surface area contributed by atoms with E-state index in [1.165, 1.54) is 7.11 Å². The average Bonchev–Trinajstić information content (AvgIpc) is 2.64. The van der Waals surface area contributed by atoms with Gasteiger partial charge in [0.15, 0.2) is 9.84 Å². The Morgan fingerprint density at radius 1 is 1.34 bits per heavy atom. The number of azide groups is 1. The molecule has 0 bridgehead atoms. The van der Waals surface area contributed by atoms with Crippen LogP contribution in [-0.4, -0.2) is 49.2 Å². The first-order valence-corrected chi connectivity index (χ1v) is 11.2. The molecule has 9 nitrogen and oxygen atoms in total. The molecule has 1 aliphatic rings. The van der Waals surface area contributed by atoms with Crippen molar-refractivity contribution in [2.24, 2.45) is 5.11 Å². The van der Waals surface area contributed by atoms with Crippen LogP contribution in [0.4, 0.5) is 0 Å². The molecular weight excluding hydrogens is 418 g/mol. The summed E-state index contributed by atoms with van der Waals surface area (Å²) in [6.07, 6.45) is 3.75. The Balaban J connectivity index is 1.97. The lowest BCUT2D eigenvalue weighted by Gasteiger charge is -2.34. The van der Waals surface area contributed by atoms with Gasteiger partial charge in [0.2, 0.25) is 5.88 Å². The zero-order chi connectivity index (χ0) is 21.2. The quantitative estimate of drug-likeness (QED) is 0.266. The van der Waals surface area contributed by atoms with Gasteiger partial charge in [0.05, 0.1) is 22.8 Å². The van der Waals surface area contributed by atoms with Gasteiger partial charge < -0.3 is 9.47 Å². The highest BCUT2D eigenvalue weighted by atomic mass is 35.5. The van der Waals surface area contributed by atoms with Crippen molar-refractivity contribution in [2.75, 3.05) is 19.5 Å². The van der Waals surface area contributed by atoms with E-state index in [1.54, 1.807) is 32.3 Å². The first kappa shape index (κ1) is 21.6. The van der Waals surface area contributed by atoms with Crippen molar-refractivity contribution in [3.05, 3.63) is 39.6 Å². The molecule has 1 saturated carbocycles. The predicted molar refractivity (Wildman–Crippen MR) is 110 cm³/mol. The molecule has 29 heavy (non-hydrogen) atoms. The van der Waals surface area contributed by atoms with Crippen LogP contribution in [0.5, 0.6) is 5.88 Å². The third-order valence-corrected chi connectivity index (χ3v) is 7.63. The maximum atomic E-state index is 12.0. The number of hydrogen-bond acceptors (Lipinski definition) is 7. The lowest BCUT2D eigenvalue weighted by Crippen LogP contribution is -2.43. The van der Waals surface area contributed by atoms with E-state index >= 15 is 0 Å². The third-order valence-electron chi connectivity index (χ3n) is 5.21. The van der Waals surface area contributed by atoms with Gasteiger partial charge in [0.1, 0.15) is 11.3 Å². The van der Waals surface area contributed by atoms with Gasteiger partial charge in [-0.2, -0.15) is 0 Å². The second-order valence-corrected chi connectivity index (χ2v) is 10.2. The van der Waals surface area contributed by atoms with E-state index in [0.717, 1.165) is 0 Å². The average molecular weight is 440 g/mol. The molecule has 3 rings (SSSR count). The standard InChI is InChI=1S/C18H22ClN5O4S/c1-4-29(25,26)12-5-11(6-12)28-17-14-8-21-16(19)7-13(14)15(9-22-17)18(2,10-27-3)23-24-20/h7-9,11-12H,4-6,10H2,1-3H3. The number of methoxy groups -OCH3 is 1. The van der Waals surface area contributed by atoms with Crippen LogP contribution in [0.15, 0.2) is 23.6 Å². The second-order valence-electron chi connectivity index (χ2n) is 7.21. The van der Waals surface area contributed by atoms with Gasteiger partial charge in [-0.1, -0.05) is 23.6 Å². The number of fused-ring (bicyclic) bond motifs is 1. The molecule has 0 aliphatic heterocycles. The van der Waals surface area contributed by atoms with E-state index in [-0.39, 0.29) is 28.9 Å². The van der Waals surface area contributed by atoms with Gasteiger partial charge in [-0.25, -0.2) is 18.4 Å². The van der Waals surface area contributed by atoms with E-state index in [2.05, 4.69) is 20.0 Å². The lowest BCUT2D eigenvalue weighted by molar-refractivity contribution is 0.119. The molecule has 1 atom stereocenters. The molecule has 156 valence electrons. The number of nitrogens with zero attached hydrogens (tertiary/aromatic N) is 5. The van der Waals surface area contributed by atoms with Crippen molar-refractivity contribution in [3.8, 4) is 5.88 Å². The summed E-state index contributed by atoms with van der Waals surface area (Å²) in [7, 11) is -1.55. The van der Waals surface area contributed by atoms with Crippen molar-refractivity contribution in [3.63, 3.8) is 0 Å². The number of sulfone groups is 1. The van der Waals surface area contributed by atoms with E-state index in [1.807, 2.05) is 0 Å². The van der Waals surface area contributed by atoms with E-state index < -0.39 is 15.4 Å². The van der Waals surface area contributed by atoms with Crippen LogP contribution in [0.3, 0.4) is 0 Å². The van der Waals surface area contributed by atoms with Gasteiger partial charge in [0.25, 0.3) is 0 Å². The summed E-state index contributed by atoms with van der Waals surface area (Å²) < 4.78 is 35.1. The molecule has 11 heteroatoms. The zero-order valence-corrected chi connectivity index (χ0v) is 17.9. The summed E-state index contributed by atoms with van der Waals surface area (Å²) in [5, 5.41) is 5.09. The van der Waals surface area contributed by atoms with Crippen LogP contribution in [-0.2, 0) is 20.1 Å². The van der Waals surface area contributed by atoms with E-state index in [0.29, 0.717) is 35.1 Å². The molecule has 1 fully saturated rings.